The molecule has 0 aliphatic carbocycles. The smallest absolute Gasteiger partial charge is 0.141 e. The third-order valence-corrected chi connectivity index (χ3v) is 5.46. The van der Waals surface area contributed by atoms with Gasteiger partial charge in [0, 0.05) is 24.4 Å². The summed E-state index contributed by atoms with van der Waals surface area (Å²) in [5.74, 6) is 0.992. The van der Waals surface area contributed by atoms with Crippen LogP contribution in [0, 0.1) is 11.3 Å². The SMILES string of the molecule is N#Cc1ccc([C@]2(Cc3ccccc3)c3ccccc3-c3nccn32)cc1. The molecule has 1 aromatic heterocycles. The third kappa shape index (κ3) is 2.24. The fraction of sp³-hybridized carbons (Fsp3) is 0.0833. The molecule has 0 bridgehead atoms. The van der Waals surface area contributed by atoms with Crippen LogP contribution in [0.1, 0.15) is 22.3 Å². The molecule has 2 heterocycles. The first-order chi connectivity index (χ1) is 13.3. The van der Waals surface area contributed by atoms with E-state index >= 15 is 0 Å². The van der Waals surface area contributed by atoms with Crippen LogP contribution in [-0.4, -0.2) is 9.55 Å². The van der Waals surface area contributed by atoms with Crippen molar-refractivity contribution in [1.29, 1.82) is 5.26 Å². The summed E-state index contributed by atoms with van der Waals surface area (Å²) in [4.78, 5) is 4.64. The van der Waals surface area contributed by atoms with E-state index in [9.17, 15) is 5.26 Å². The second-order valence-electron chi connectivity index (χ2n) is 6.88. The average Bonchev–Trinajstić information content (AvgIpc) is 3.31. The second kappa shape index (κ2) is 5.96. The number of imidazole rings is 1. The maximum atomic E-state index is 9.21. The van der Waals surface area contributed by atoms with Crippen LogP contribution < -0.4 is 0 Å². The Bertz CT molecular complexity index is 1150. The van der Waals surface area contributed by atoms with Gasteiger partial charge in [-0.25, -0.2) is 4.98 Å². The molecule has 0 N–H and O–H groups in total. The zero-order chi connectivity index (χ0) is 18.3. The second-order valence-corrected chi connectivity index (χ2v) is 6.88. The Hall–Kier alpha value is -3.64. The van der Waals surface area contributed by atoms with Crippen LogP contribution in [0.2, 0.25) is 0 Å². The molecule has 0 spiro atoms. The molecule has 128 valence electrons. The molecule has 1 atom stereocenters. The summed E-state index contributed by atoms with van der Waals surface area (Å²) in [7, 11) is 0. The van der Waals surface area contributed by atoms with E-state index in [4.69, 9.17) is 0 Å². The molecule has 0 amide bonds. The van der Waals surface area contributed by atoms with Crippen molar-refractivity contribution in [3.05, 3.63) is 114 Å². The molecule has 4 aromatic rings. The Morgan fingerprint density at radius 2 is 1.63 bits per heavy atom. The van der Waals surface area contributed by atoms with Crippen LogP contribution in [0.15, 0.2) is 91.3 Å². The molecule has 3 nitrogen and oxygen atoms in total. The monoisotopic (exact) mass is 347 g/mol. The van der Waals surface area contributed by atoms with E-state index in [1.807, 2.05) is 24.4 Å². The summed E-state index contributed by atoms with van der Waals surface area (Å²) in [5.41, 5.74) is 5.14. The highest BCUT2D eigenvalue weighted by molar-refractivity contribution is 5.71. The van der Waals surface area contributed by atoms with Gasteiger partial charge < -0.3 is 4.57 Å². The van der Waals surface area contributed by atoms with Crippen molar-refractivity contribution in [3.63, 3.8) is 0 Å². The molecule has 1 aliphatic heterocycles. The van der Waals surface area contributed by atoms with E-state index in [2.05, 4.69) is 82.5 Å². The fourth-order valence-electron chi connectivity index (χ4n) is 4.27. The van der Waals surface area contributed by atoms with Gasteiger partial charge >= 0.3 is 0 Å². The van der Waals surface area contributed by atoms with Gasteiger partial charge in [-0.3, -0.25) is 0 Å². The number of nitriles is 1. The molecular weight excluding hydrogens is 330 g/mol. The topological polar surface area (TPSA) is 41.6 Å². The van der Waals surface area contributed by atoms with Crippen LogP contribution in [0.25, 0.3) is 11.4 Å². The lowest BCUT2D eigenvalue weighted by Crippen LogP contribution is -2.35. The van der Waals surface area contributed by atoms with E-state index < -0.39 is 0 Å². The van der Waals surface area contributed by atoms with E-state index in [0.717, 1.165) is 17.8 Å². The Balaban J connectivity index is 1.81. The predicted octanol–water partition coefficient (Wildman–Crippen LogP) is 4.77. The summed E-state index contributed by atoms with van der Waals surface area (Å²) in [5, 5.41) is 9.21. The first-order valence-electron chi connectivity index (χ1n) is 9.01. The maximum absolute atomic E-state index is 9.21. The Kier molecular flexibility index (Phi) is 3.45. The summed E-state index contributed by atoms with van der Waals surface area (Å²) in [6.45, 7) is 0. The zero-order valence-corrected chi connectivity index (χ0v) is 14.7. The number of fused-ring (bicyclic) bond motifs is 3. The van der Waals surface area contributed by atoms with E-state index in [0.29, 0.717) is 5.56 Å². The number of hydrogen-bond acceptors (Lipinski definition) is 2. The van der Waals surface area contributed by atoms with Crippen LogP contribution in [0.3, 0.4) is 0 Å². The lowest BCUT2D eigenvalue weighted by atomic mass is 9.78. The van der Waals surface area contributed by atoms with Crippen molar-refractivity contribution in [2.75, 3.05) is 0 Å². The van der Waals surface area contributed by atoms with Gasteiger partial charge in [-0.15, -0.1) is 0 Å². The molecule has 3 heteroatoms. The van der Waals surface area contributed by atoms with Crippen molar-refractivity contribution in [2.24, 2.45) is 0 Å². The fourth-order valence-corrected chi connectivity index (χ4v) is 4.27. The molecule has 0 fully saturated rings. The van der Waals surface area contributed by atoms with Crippen molar-refractivity contribution in [2.45, 2.75) is 12.0 Å². The number of hydrogen-bond donors (Lipinski definition) is 0. The largest absolute Gasteiger partial charge is 0.316 e. The first kappa shape index (κ1) is 15.6. The van der Waals surface area contributed by atoms with Gasteiger partial charge in [0.05, 0.1) is 11.6 Å². The van der Waals surface area contributed by atoms with Crippen molar-refractivity contribution < 1.29 is 0 Å². The van der Waals surface area contributed by atoms with Crippen molar-refractivity contribution >= 4 is 0 Å². The van der Waals surface area contributed by atoms with Crippen LogP contribution in [0.4, 0.5) is 0 Å². The third-order valence-electron chi connectivity index (χ3n) is 5.46. The summed E-state index contributed by atoms with van der Waals surface area (Å²) < 4.78 is 2.28. The minimum Gasteiger partial charge on any atom is -0.316 e. The molecule has 5 rings (SSSR count). The van der Waals surface area contributed by atoms with Gasteiger partial charge in [0.25, 0.3) is 0 Å². The minimum absolute atomic E-state index is 0.377. The highest BCUT2D eigenvalue weighted by Gasteiger charge is 2.44. The first-order valence-corrected chi connectivity index (χ1v) is 9.01. The maximum Gasteiger partial charge on any atom is 0.141 e. The van der Waals surface area contributed by atoms with Gasteiger partial charge in [0.15, 0.2) is 0 Å². The average molecular weight is 347 g/mol. The molecule has 27 heavy (non-hydrogen) atoms. The molecule has 3 aromatic carbocycles. The van der Waals surface area contributed by atoms with Crippen molar-refractivity contribution in [3.8, 4) is 17.5 Å². The van der Waals surface area contributed by atoms with Gasteiger partial charge in [-0.1, -0.05) is 66.7 Å². The molecule has 0 unspecified atom stereocenters. The standard InChI is InChI=1S/C24H17N3/c25-17-19-10-12-20(13-11-19)24(16-18-6-2-1-3-7-18)22-9-5-4-8-21(22)23-26-14-15-27(23)24/h1-15H,16H2/t24-/m1/s1. The number of nitrogens with zero attached hydrogens (tertiary/aromatic N) is 3. The number of rotatable bonds is 3. The normalized spacial score (nSPS) is 17.1. The van der Waals surface area contributed by atoms with Crippen LogP contribution in [0.5, 0.6) is 0 Å². The highest BCUT2D eigenvalue weighted by atomic mass is 15.2. The Morgan fingerprint density at radius 1 is 0.889 bits per heavy atom. The number of benzene rings is 3. The van der Waals surface area contributed by atoms with Gasteiger partial charge in [-0.05, 0) is 28.8 Å². The van der Waals surface area contributed by atoms with E-state index in [1.165, 1.54) is 16.7 Å². The molecular formula is C24H17N3. The van der Waals surface area contributed by atoms with Crippen molar-refractivity contribution in [1.82, 2.24) is 9.55 Å². The Morgan fingerprint density at radius 3 is 2.41 bits per heavy atom. The van der Waals surface area contributed by atoms with E-state index in [1.54, 1.807) is 0 Å². The lowest BCUT2D eigenvalue weighted by molar-refractivity contribution is 0.450. The van der Waals surface area contributed by atoms with Gasteiger partial charge in [0.2, 0.25) is 0 Å². The molecule has 0 radical (unpaired) electrons. The van der Waals surface area contributed by atoms with Gasteiger partial charge in [-0.2, -0.15) is 5.26 Å². The lowest BCUT2D eigenvalue weighted by Gasteiger charge is -2.34. The summed E-state index contributed by atoms with van der Waals surface area (Å²) >= 11 is 0. The highest BCUT2D eigenvalue weighted by Crippen LogP contribution is 2.48. The molecule has 0 saturated carbocycles. The minimum atomic E-state index is -0.377. The summed E-state index contributed by atoms with van der Waals surface area (Å²) in [6, 6.07) is 29.2. The molecule has 0 saturated heterocycles. The van der Waals surface area contributed by atoms with Crippen LogP contribution in [-0.2, 0) is 12.0 Å². The quantitative estimate of drug-likeness (QED) is 0.536. The van der Waals surface area contributed by atoms with Crippen LogP contribution >= 0.6 is 0 Å². The number of aromatic nitrogens is 2. The zero-order valence-electron chi connectivity index (χ0n) is 14.7. The Labute approximate surface area is 158 Å². The predicted molar refractivity (Wildman–Crippen MR) is 105 cm³/mol. The van der Waals surface area contributed by atoms with Gasteiger partial charge in [0.1, 0.15) is 11.4 Å². The van der Waals surface area contributed by atoms with E-state index in [-0.39, 0.29) is 5.54 Å². The molecule has 1 aliphatic rings. The summed E-state index contributed by atoms with van der Waals surface area (Å²) in [6.07, 6.45) is 4.76.